The molecule has 1 aromatic heterocycles. The van der Waals surface area contributed by atoms with Crippen molar-refractivity contribution in [1.29, 1.82) is 0 Å². The van der Waals surface area contributed by atoms with E-state index in [0.717, 1.165) is 0 Å². The molecule has 0 aliphatic rings. The first kappa shape index (κ1) is 18.5. The first-order chi connectivity index (χ1) is 13.0. The molecule has 138 valence electrons. The van der Waals surface area contributed by atoms with Crippen LogP contribution in [0.25, 0.3) is 11.0 Å². The highest BCUT2D eigenvalue weighted by atomic mass is 35.5. The van der Waals surface area contributed by atoms with Crippen LogP contribution in [0, 0.1) is 0 Å². The lowest BCUT2D eigenvalue weighted by atomic mass is 10.1. The number of methoxy groups -OCH3 is 1. The maximum Gasteiger partial charge on any atom is 0.332 e. The van der Waals surface area contributed by atoms with Crippen LogP contribution in [0.5, 0.6) is 5.75 Å². The highest BCUT2D eigenvalue weighted by Crippen LogP contribution is 2.28. The van der Waals surface area contributed by atoms with E-state index in [1.54, 1.807) is 42.5 Å². The number of ether oxygens (including phenoxy) is 1. The van der Waals surface area contributed by atoms with E-state index >= 15 is 0 Å². The van der Waals surface area contributed by atoms with Crippen LogP contribution in [0.3, 0.4) is 0 Å². The monoisotopic (exact) mass is 386 g/mol. The van der Waals surface area contributed by atoms with Gasteiger partial charge in [-0.1, -0.05) is 29.8 Å². The molecule has 0 saturated carbocycles. The first-order valence-electron chi connectivity index (χ1n) is 7.87. The van der Waals surface area contributed by atoms with Crippen molar-refractivity contribution in [2.45, 2.75) is 6.92 Å². The number of nitrogens with one attached hydrogen (secondary N) is 1. The minimum atomic E-state index is -0.638. The summed E-state index contributed by atoms with van der Waals surface area (Å²) < 4.78 is 10.8. The third kappa shape index (κ3) is 4.27. The number of carbonyl (C=O) groups excluding carboxylic acids is 2. The molecular weight excluding hydrogens is 372 g/mol. The molecule has 1 heterocycles. The lowest BCUT2D eigenvalue weighted by Gasteiger charge is -2.11. The molecule has 2 aromatic carbocycles. The molecule has 0 saturated heterocycles. The summed E-state index contributed by atoms with van der Waals surface area (Å²) in [6.45, 7) is 1.20. The quantitative estimate of drug-likeness (QED) is 0.545. The topological polar surface area (TPSA) is 90.1 Å². The van der Waals surface area contributed by atoms with Gasteiger partial charge in [0.15, 0.2) is 0 Å². The zero-order valence-corrected chi connectivity index (χ0v) is 15.2. The molecule has 0 bridgehead atoms. The summed E-state index contributed by atoms with van der Waals surface area (Å²) in [7, 11) is 1.48. The van der Waals surface area contributed by atoms with Crippen molar-refractivity contribution in [2.75, 3.05) is 12.4 Å². The Bertz CT molecular complexity index is 1090. The molecule has 0 unspecified atom stereocenters. The molecule has 8 heteroatoms. The third-order valence-corrected chi connectivity index (χ3v) is 3.80. The summed E-state index contributed by atoms with van der Waals surface area (Å²) in [5.41, 5.74) is 0.807. The molecule has 27 heavy (non-hydrogen) atoms. The van der Waals surface area contributed by atoms with Gasteiger partial charge in [0, 0.05) is 17.3 Å². The predicted octanol–water partition coefficient (Wildman–Crippen LogP) is 3.73. The molecule has 0 spiro atoms. The number of carbonyl (C=O) groups is 2. The fourth-order valence-electron chi connectivity index (χ4n) is 2.37. The molecular formula is C19H15ClN2O5. The Balaban J connectivity index is 2.07. The number of fused-ring (bicyclic) bond motifs is 1. The van der Waals surface area contributed by atoms with Gasteiger partial charge in [0.1, 0.15) is 16.9 Å². The summed E-state index contributed by atoms with van der Waals surface area (Å²) in [6, 6.07) is 13.5. The van der Waals surface area contributed by atoms with E-state index in [1.807, 2.05) is 6.07 Å². The predicted molar refractivity (Wildman–Crippen MR) is 99.5 cm³/mol. The molecule has 3 rings (SSSR count). The fraction of sp³-hybridized carbons (Fsp3) is 0.105. The van der Waals surface area contributed by atoms with Gasteiger partial charge in [-0.05, 0) is 35.5 Å². The number of amides is 1. The van der Waals surface area contributed by atoms with Crippen molar-refractivity contribution in [2.24, 2.45) is 5.16 Å². The van der Waals surface area contributed by atoms with Gasteiger partial charge in [-0.15, -0.1) is 0 Å². The van der Waals surface area contributed by atoms with Crippen molar-refractivity contribution in [3.8, 4) is 5.75 Å². The maximum absolute atomic E-state index is 12.8. The average Bonchev–Trinajstić information content (AvgIpc) is 2.65. The summed E-state index contributed by atoms with van der Waals surface area (Å²) in [5.74, 6) is -0.735. The number of hydrogen-bond donors (Lipinski definition) is 1. The largest absolute Gasteiger partial charge is 0.495 e. The number of hydrogen-bond acceptors (Lipinski definition) is 6. The zero-order chi connectivity index (χ0) is 19.4. The number of para-hydroxylation sites is 1. The van der Waals surface area contributed by atoms with E-state index in [2.05, 4.69) is 15.3 Å². The molecule has 3 aromatic rings. The fourth-order valence-corrected chi connectivity index (χ4v) is 2.54. The van der Waals surface area contributed by atoms with Gasteiger partial charge >= 0.3 is 5.97 Å². The summed E-state index contributed by atoms with van der Waals surface area (Å²) >= 11 is 6.00. The van der Waals surface area contributed by atoms with Crippen LogP contribution in [-0.4, -0.2) is 19.0 Å². The minimum absolute atomic E-state index is 0.0805. The normalized spacial score (nSPS) is 11.3. The number of halogens is 1. The Kier molecular flexibility index (Phi) is 5.42. The second kappa shape index (κ2) is 7.92. The van der Waals surface area contributed by atoms with Crippen LogP contribution in [0.2, 0.25) is 5.02 Å². The molecule has 7 nitrogen and oxygen atoms in total. The lowest BCUT2D eigenvalue weighted by Crippen LogP contribution is -2.22. The van der Waals surface area contributed by atoms with E-state index < -0.39 is 11.9 Å². The van der Waals surface area contributed by atoms with Gasteiger partial charge in [0.2, 0.25) is 0 Å². The lowest BCUT2D eigenvalue weighted by molar-refractivity contribution is -0.141. The van der Waals surface area contributed by atoms with Crippen LogP contribution in [0.1, 0.15) is 17.3 Å². The number of benzene rings is 2. The number of rotatable bonds is 4. The minimum Gasteiger partial charge on any atom is -0.495 e. The molecule has 0 radical (unpaired) electrons. The van der Waals surface area contributed by atoms with Gasteiger partial charge < -0.3 is 19.3 Å². The van der Waals surface area contributed by atoms with Crippen LogP contribution in [0.4, 0.5) is 5.69 Å². The van der Waals surface area contributed by atoms with Crippen LogP contribution < -0.4 is 15.6 Å². The van der Waals surface area contributed by atoms with Crippen molar-refractivity contribution in [1.82, 2.24) is 0 Å². The van der Waals surface area contributed by atoms with Crippen molar-refractivity contribution < 1.29 is 23.6 Å². The Hall–Kier alpha value is -3.32. The Labute approximate surface area is 159 Å². The molecule has 0 atom stereocenters. The van der Waals surface area contributed by atoms with Gasteiger partial charge in [-0.2, -0.15) is 0 Å². The number of anilines is 1. The average molecular weight is 387 g/mol. The Morgan fingerprint density at radius 2 is 1.93 bits per heavy atom. The molecule has 1 amide bonds. The summed E-state index contributed by atoms with van der Waals surface area (Å²) in [4.78, 5) is 28.6. The summed E-state index contributed by atoms with van der Waals surface area (Å²) in [5, 5.41) is 7.46. The molecule has 0 fully saturated rings. The Morgan fingerprint density at radius 3 is 2.67 bits per heavy atom. The standard InChI is InChI=1S/C19H15ClN2O5/c1-11(23)27-22-19-14(9-12-5-3-4-6-16(12)26-19)18(24)21-15-10-13(20)7-8-17(15)25-2/h3-10H,1-2H3,(H,21,24)/b22-19-. The SMILES string of the molecule is COc1ccc(Cl)cc1NC(=O)c1cc2ccccc2o/c1=N\OC(C)=O. The van der Waals surface area contributed by atoms with Gasteiger partial charge in [-0.3, -0.25) is 4.79 Å². The van der Waals surface area contributed by atoms with Crippen LogP contribution in [-0.2, 0) is 9.63 Å². The smallest absolute Gasteiger partial charge is 0.332 e. The van der Waals surface area contributed by atoms with E-state index in [1.165, 1.54) is 14.0 Å². The maximum atomic E-state index is 12.8. The second-order valence-corrected chi connectivity index (χ2v) is 5.91. The molecule has 1 N–H and O–H groups in total. The van der Waals surface area contributed by atoms with Crippen molar-refractivity contribution in [3.05, 3.63) is 64.7 Å². The zero-order valence-electron chi connectivity index (χ0n) is 14.5. The third-order valence-electron chi connectivity index (χ3n) is 3.57. The molecule has 0 aliphatic carbocycles. The molecule has 0 aliphatic heterocycles. The van der Waals surface area contributed by atoms with E-state index in [9.17, 15) is 9.59 Å². The van der Waals surface area contributed by atoms with Crippen molar-refractivity contribution in [3.63, 3.8) is 0 Å². The first-order valence-corrected chi connectivity index (χ1v) is 8.25. The van der Waals surface area contributed by atoms with E-state index in [4.69, 9.17) is 20.8 Å². The van der Waals surface area contributed by atoms with Crippen LogP contribution in [0.15, 0.2) is 58.1 Å². The number of nitrogens with zero attached hydrogens (tertiary/aromatic N) is 1. The highest BCUT2D eigenvalue weighted by molar-refractivity contribution is 6.31. The van der Waals surface area contributed by atoms with Crippen molar-refractivity contribution >= 4 is 40.1 Å². The Morgan fingerprint density at radius 1 is 1.15 bits per heavy atom. The van der Waals surface area contributed by atoms with Gasteiger partial charge in [-0.25, -0.2) is 4.79 Å². The van der Waals surface area contributed by atoms with E-state index in [0.29, 0.717) is 27.4 Å². The summed E-state index contributed by atoms with van der Waals surface area (Å²) in [6.07, 6.45) is 0. The van der Waals surface area contributed by atoms with Crippen LogP contribution >= 0.6 is 11.6 Å². The highest BCUT2D eigenvalue weighted by Gasteiger charge is 2.16. The van der Waals surface area contributed by atoms with Gasteiger partial charge in [0.05, 0.1) is 12.8 Å². The second-order valence-electron chi connectivity index (χ2n) is 5.48. The van der Waals surface area contributed by atoms with Gasteiger partial charge in [0.25, 0.3) is 11.5 Å². The van der Waals surface area contributed by atoms with E-state index in [-0.39, 0.29) is 11.1 Å².